The summed E-state index contributed by atoms with van der Waals surface area (Å²) < 4.78 is 0. The van der Waals surface area contributed by atoms with Crippen molar-refractivity contribution in [2.24, 2.45) is 5.11 Å². The fraction of sp³-hybridized carbons (Fsp3) is 0.375. The zero-order valence-corrected chi connectivity index (χ0v) is 6.94. The molecule has 4 nitrogen and oxygen atoms in total. The van der Waals surface area contributed by atoms with Gasteiger partial charge in [0.1, 0.15) is 0 Å². The average molecular weight is 162 g/mol. The van der Waals surface area contributed by atoms with Crippen molar-refractivity contribution in [1.29, 1.82) is 0 Å². The number of aryl methyl sites for hydroxylation is 1. The van der Waals surface area contributed by atoms with Crippen LogP contribution in [0.3, 0.4) is 0 Å². The van der Waals surface area contributed by atoms with Gasteiger partial charge in [0.15, 0.2) is 0 Å². The lowest BCUT2D eigenvalue weighted by Gasteiger charge is -1.97. The van der Waals surface area contributed by atoms with E-state index in [9.17, 15) is 0 Å². The fourth-order valence-corrected chi connectivity index (χ4v) is 0.948. The number of hydrogen-bond donors (Lipinski definition) is 0. The first-order chi connectivity index (χ1) is 5.83. The number of nitrogens with zero attached hydrogens (tertiary/aromatic N) is 4. The summed E-state index contributed by atoms with van der Waals surface area (Å²) in [5, 5.41) is 3.44. The van der Waals surface area contributed by atoms with Crippen LogP contribution in [0.2, 0.25) is 0 Å². The van der Waals surface area contributed by atoms with Crippen molar-refractivity contribution in [1.82, 2.24) is 4.98 Å². The van der Waals surface area contributed by atoms with Crippen LogP contribution in [-0.2, 0) is 6.42 Å². The maximum atomic E-state index is 8.04. The molecule has 1 rings (SSSR count). The lowest BCUT2D eigenvalue weighted by molar-refractivity contribution is 0.904. The molecule has 62 valence electrons. The van der Waals surface area contributed by atoms with E-state index in [0.29, 0.717) is 13.0 Å². The highest BCUT2D eigenvalue weighted by Crippen LogP contribution is 1.98. The van der Waals surface area contributed by atoms with Crippen molar-refractivity contribution < 1.29 is 0 Å². The van der Waals surface area contributed by atoms with Crippen LogP contribution in [0.25, 0.3) is 10.4 Å². The van der Waals surface area contributed by atoms with E-state index in [2.05, 4.69) is 15.0 Å². The van der Waals surface area contributed by atoms with Gasteiger partial charge in [-0.05, 0) is 31.0 Å². The minimum Gasteiger partial charge on any atom is -0.258 e. The Morgan fingerprint density at radius 1 is 1.58 bits per heavy atom. The number of rotatable bonds is 3. The van der Waals surface area contributed by atoms with E-state index in [4.69, 9.17) is 5.53 Å². The predicted molar refractivity (Wildman–Crippen MR) is 46.7 cm³/mol. The number of aromatic nitrogens is 1. The maximum absolute atomic E-state index is 8.04. The summed E-state index contributed by atoms with van der Waals surface area (Å²) in [5.41, 5.74) is 10.0. The second kappa shape index (κ2) is 4.36. The van der Waals surface area contributed by atoms with E-state index in [1.807, 2.05) is 25.1 Å². The summed E-state index contributed by atoms with van der Waals surface area (Å²) in [4.78, 5) is 6.93. The first kappa shape index (κ1) is 8.56. The SMILES string of the molecule is Cc1cccc(CCN=[N+]=[N-])n1. The Labute approximate surface area is 70.9 Å². The van der Waals surface area contributed by atoms with Crippen LogP contribution in [-0.4, -0.2) is 11.5 Å². The van der Waals surface area contributed by atoms with Crippen LogP contribution < -0.4 is 0 Å². The number of azide groups is 1. The van der Waals surface area contributed by atoms with E-state index in [0.717, 1.165) is 11.4 Å². The first-order valence-electron chi connectivity index (χ1n) is 3.76. The Bertz CT molecular complexity index is 302. The van der Waals surface area contributed by atoms with Gasteiger partial charge < -0.3 is 0 Å². The molecule has 0 atom stereocenters. The van der Waals surface area contributed by atoms with E-state index in [1.165, 1.54) is 0 Å². The van der Waals surface area contributed by atoms with Crippen molar-refractivity contribution in [3.63, 3.8) is 0 Å². The van der Waals surface area contributed by atoms with Crippen molar-refractivity contribution in [3.05, 3.63) is 40.0 Å². The molecule has 0 N–H and O–H groups in total. The smallest absolute Gasteiger partial charge is 0.0408 e. The Balaban J connectivity index is 2.57. The minimum absolute atomic E-state index is 0.479. The van der Waals surface area contributed by atoms with Crippen LogP contribution in [0.4, 0.5) is 0 Å². The Hall–Kier alpha value is -1.54. The largest absolute Gasteiger partial charge is 0.258 e. The molecule has 0 saturated heterocycles. The quantitative estimate of drug-likeness (QED) is 0.382. The van der Waals surface area contributed by atoms with Crippen molar-refractivity contribution in [2.45, 2.75) is 13.3 Å². The standard InChI is InChI=1S/C8H10N4/c1-7-3-2-4-8(11-7)5-6-10-12-9/h2-4H,5-6H2,1H3. The first-order valence-corrected chi connectivity index (χ1v) is 3.76. The van der Waals surface area contributed by atoms with Crippen LogP contribution in [0.1, 0.15) is 11.4 Å². The number of hydrogen-bond acceptors (Lipinski definition) is 2. The summed E-state index contributed by atoms with van der Waals surface area (Å²) in [6.45, 7) is 2.42. The van der Waals surface area contributed by atoms with Gasteiger partial charge in [-0.2, -0.15) is 0 Å². The van der Waals surface area contributed by atoms with Crippen LogP contribution in [0.15, 0.2) is 23.3 Å². The Morgan fingerprint density at radius 3 is 3.08 bits per heavy atom. The molecule has 0 aromatic carbocycles. The highest BCUT2D eigenvalue weighted by molar-refractivity contribution is 5.10. The molecular formula is C8H10N4. The molecule has 0 bridgehead atoms. The van der Waals surface area contributed by atoms with Crippen molar-refractivity contribution in [2.75, 3.05) is 6.54 Å². The molecule has 0 saturated carbocycles. The second-order valence-electron chi connectivity index (χ2n) is 2.47. The third-order valence-electron chi connectivity index (χ3n) is 1.48. The van der Waals surface area contributed by atoms with Crippen LogP contribution in [0.5, 0.6) is 0 Å². The van der Waals surface area contributed by atoms with E-state index >= 15 is 0 Å². The van der Waals surface area contributed by atoms with Crippen molar-refractivity contribution in [3.8, 4) is 0 Å². The van der Waals surface area contributed by atoms with Gasteiger partial charge in [0.2, 0.25) is 0 Å². The van der Waals surface area contributed by atoms with Crippen LogP contribution in [0, 0.1) is 6.92 Å². The molecule has 0 amide bonds. The van der Waals surface area contributed by atoms with Gasteiger partial charge in [-0.25, -0.2) is 0 Å². The van der Waals surface area contributed by atoms with Gasteiger partial charge in [0, 0.05) is 22.8 Å². The Morgan fingerprint density at radius 2 is 2.42 bits per heavy atom. The molecule has 0 spiro atoms. The van der Waals surface area contributed by atoms with E-state index in [-0.39, 0.29) is 0 Å². The van der Waals surface area contributed by atoms with Gasteiger partial charge in [-0.15, -0.1) is 0 Å². The summed E-state index contributed by atoms with van der Waals surface area (Å²) in [6.07, 6.45) is 0.714. The van der Waals surface area contributed by atoms with Crippen molar-refractivity contribution >= 4 is 0 Å². The summed E-state index contributed by atoms with van der Waals surface area (Å²) in [7, 11) is 0. The van der Waals surface area contributed by atoms with Gasteiger partial charge in [-0.1, -0.05) is 11.2 Å². The molecular weight excluding hydrogens is 152 g/mol. The van der Waals surface area contributed by atoms with Gasteiger partial charge in [-0.3, -0.25) is 4.98 Å². The summed E-state index contributed by atoms with van der Waals surface area (Å²) in [6, 6.07) is 5.82. The molecule has 1 heterocycles. The normalized spacial score (nSPS) is 9.08. The zero-order valence-electron chi connectivity index (χ0n) is 6.94. The second-order valence-corrected chi connectivity index (χ2v) is 2.47. The van der Waals surface area contributed by atoms with E-state index in [1.54, 1.807) is 0 Å². The molecule has 1 aromatic rings. The summed E-state index contributed by atoms with van der Waals surface area (Å²) >= 11 is 0. The highest BCUT2D eigenvalue weighted by Gasteiger charge is 1.92. The highest BCUT2D eigenvalue weighted by atomic mass is 15.1. The molecule has 0 unspecified atom stereocenters. The average Bonchev–Trinajstić information content (AvgIpc) is 2.05. The molecule has 12 heavy (non-hydrogen) atoms. The topological polar surface area (TPSA) is 61.7 Å². The maximum Gasteiger partial charge on any atom is 0.0408 e. The van der Waals surface area contributed by atoms with Crippen LogP contribution >= 0.6 is 0 Å². The lowest BCUT2D eigenvalue weighted by Crippen LogP contribution is -1.93. The predicted octanol–water partition coefficient (Wildman–Crippen LogP) is 2.24. The third-order valence-corrected chi connectivity index (χ3v) is 1.48. The molecule has 0 aliphatic carbocycles. The van der Waals surface area contributed by atoms with E-state index < -0.39 is 0 Å². The molecule has 0 aliphatic heterocycles. The van der Waals surface area contributed by atoms with Gasteiger partial charge in [0.05, 0.1) is 0 Å². The fourth-order valence-electron chi connectivity index (χ4n) is 0.948. The lowest BCUT2D eigenvalue weighted by atomic mass is 10.2. The van der Waals surface area contributed by atoms with Gasteiger partial charge >= 0.3 is 0 Å². The molecule has 4 heteroatoms. The monoisotopic (exact) mass is 162 g/mol. The summed E-state index contributed by atoms with van der Waals surface area (Å²) in [5.74, 6) is 0. The van der Waals surface area contributed by atoms with Gasteiger partial charge in [0.25, 0.3) is 0 Å². The Kier molecular flexibility index (Phi) is 3.11. The molecule has 0 fully saturated rings. The molecule has 1 aromatic heterocycles. The number of pyridine rings is 1. The molecule has 0 radical (unpaired) electrons. The minimum atomic E-state index is 0.479. The third kappa shape index (κ3) is 2.60. The molecule has 0 aliphatic rings. The zero-order chi connectivity index (χ0) is 8.81.